The summed E-state index contributed by atoms with van der Waals surface area (Å²) in [6.45, 7) is 4.48. The van der Waals surface area contributed by atoms with E-state index in [0.29, 0.717) is 12.2 Å². The van der Waals surface area contributed by atoms with E-state index >= 15 is 0 Å². The molecule has 1 aliphatic carbocycles. The molecule has 3 rings (SSSR count). The molecule has 1 saturated carbocycles. The molecule has 2 heterocycles. The normalized spacial score (nSPS) is 33.0. The van der Waals surface area contributed by atoms with Gasteiger partial charge in [0.15, 0.2) is 0 Å². The van der Waals surface area contributed by atoms with Crippen LogP contribution in [0.4, 0.5) is 0 Å². The Bertz CT molecular complexity index is 216. The molecule has 3 fully saturated rings. The van der Waals surface area contributed by atoms with Crippen LogP contribution in [0.1, 0.15) is 44.9 Å². The molecule has 0 aromatic rings. The van der Waals surface area contributed by atoms with Crippen molar-refractivity contribution in [1.29, 1.82) is 0 Å². The van der Waals surface area contributed by atoms with Crippen molar-refractivity contribution in [2.24, 2.45) is 0 Å². The first kappa shape index (κ1) is 11.9. The third kappa shape index (κ3) is 3.94. The van der Waals surface area contributed by atoms with Crippen LogP contribution in [0.5, 0.6) is 0 Å². The molecule has 0 amide bonds. The van der Waals surface area contributed by atoms with E-state index in [4.69, 9.17) is 9.47 Å². The molecule has 0 N–H and O–H groups in total. The van der Waals surface area contributed by atoms with E-state index in [2.05, 4.69) is 4.90 Å². The van der Waals surface area contributed by atoms with Gasteiger partial charge in [-0.25, -0.2) is 0 Å². The molecule has 2 aliphatic heterocycles. The molecule has 0 aromatic heterocycles. The first-order chi connectivity index (χ1) is 8.42. The van der Waals surface area contributed by atoms with Gasteiger partial charge in [-0.05, 0) is 25.7 Å². The van der Waals surface area contributed by atoms with E-state index in [0.717, 1.165) is 19.3 Å². The summed E-state index contributed by atoms with van der Waals surface area (Å²) in [6, 6.07) is 0.848. The van der Waals surface area contributed by atoms with Gasteiger partial charge in [-0.15, -0.1) is 0 Å². The Hall–Kier alpha value is -0.120. The highest BCUT2D eigenvalue weighted by molar-refractivity contribution is 4.81. The number of epoxide rings is 2. The minimum absolute atomic E-state index is 0.582. The van der Waals surface area contributed by atoms with E-state index in [1.165, 1.54) is 58.0 Å². The molecule has 2 atom stereocenters. The molecule has 98 valence electrons. The third-order valence-corrected chi connectivity index (χ3v) is 4.37. The first-order valence-corrected chi connectivity index (χ1v) is 7.39. The lowest BCUT2D eigenvalue weighted by molar-refractivity contribution is 0.144. The van der Waals surface area contributed by atoms with Gasteiger partial charge in [0.25, 0.3) is 0 Å². The predicted octanol–water partition coefficient (Wildman–Crippen LogP) is 2.20. The summed E-state index contributed by atoms with van der Waals surface area (Å²) in [4.78, 5) is 2.72. The number of rotatable bonds is 7. The van der Waals surface area contributed by atoms with Gasteiger partial charge in [0.2, 0.25) is 0 Å². The van der Waals surface area contributed by atoms with E-state index in [1.54, 1.807) is 0 Å². The molecule has 3 aliphatic rings. The first-order valence-electron chi connectivity index (χ1n) is 7.39. The van der Waals surface area contributed by atoms with Crippen molar-refractivity contribution in [1.82, 2.24) is 4.90 Å². The zero-order valence-corrected chi connectivity index (χ0v) is 10.8. The molecule has 0 radical (unpaired) electrons. The molecule has 3 nitrogen and oxygen atoms in total. The summed E-state index contributed by atoms with van der Waals surface area (Å²) in [5.74, 6) is 0. The lowest BCUT2D eigenvalue weighted by Crippen LogP contribution is -2.39. The molecule has 0 aromatic carbocycles. The molecule has 0 spiro atoms. The van der Waals surface area contributed by atoms with Gasteiger partial charge < -0.3 is 14.4 Å². The Labute approximate surface area is 104 Å². The Morgan fingerprint density at radius 1 is 0.824 bits per heavy atom. The van der Waals surface area contributed by atoms with Crippen LogP contribution < -0.4 is 0 Å². The summed E-state index contributed by atoms with van der Waals surface area (Å²) in [5, 5.41) is 0. The molecule has 2 unspecified atom stereocenters. The summed E-state index contributed by atoms with van der Waals surface area (Å²) in [5.41, 5.74) is 0. The third-order valence-electron chi connectivity index (χ3n) is 4.37. The topological polar surface area (TPSA) is 28.3 Å². The maximum atomic E-state index is 5.33. The highest BCUT2D eigenvalue weighted by Crippen LogP contribution is 2.25. The van der Waals surface area contributed by atoms with Gasteiger partial charge in [-0.1, -0.05) is 19.3 Å². The van der Waals surface area contributed by atoms with Crippen LogP contribution >= 0.6 is 0 Å². The van der Waals surface area contributed by atoms with Crippen LogP contribution in [-0.2, 0) is 9.47 Å². The summed E-state index contributed by atoms with van der Waals surface area (Å²) < 4.78 is 10.7. The standard InChI is InChI=1S/C14H25NO2/c1-2-4-12(5-3-1)15(8-6-13-10-16-13)9-7-14-11-17-14/h12-14H,1-11H2. The van der Waals surface area contributed by atoms with Gasteiger partial charge in [0, 0.05) is 19.1 Å². The number of hydrogen-bond donors (Lipinski definition) is 0. The Morgan fingerprint density at radius 2 is 1.35 bits per heavy atom. The average Bonchev–Trinajstić information content (AvgIpc) is 3.25. The van der Waals surface area contributed by atoms with Crippen LogP contribution in [0.25, 0.3) is 0 Å². The predicted molar refractivity (Wildman–Crippen MR) is 67.2 cm³/mol. The number of ether oxygens (including phenoxy) is 2. The van der Waals surface area contributed by atoms with Crippen LogP contribution in [0.15, 0.2) is 0 Å². The monoisotopic (exact) mass is 239 g/mol. The summed E-state index contributed by atoms with van der Waals surface area (Å²) in [7, 11) is 0. The molecular weight excluding hydrogens is 214 g/mol. The number of hydrogen-bond acceptors (Lipinski definition) is 3. The smallest absolute Gasteiger partial charge is 0.0822 e. The average molecular weight is 239 g/mol. The van der Waals surface area contributed by atoms with Crippen molar-refractivity contribution in [3.8, 4) is 0 Å². The second-order valence-corrected chi connectivity index (χ2v) is 5.82. The van der Waals surface area contributed by atoms with Crippen molar-refractivity contribution >= 4 is 0 Å². The van der Waals surface area contributed by atoms with Crippen LogP contribution in [0, 0.1) is 0 Å². The highest BCUT2D eigenvalue weighted by Gasteiger charge is 2.28. The quantitative estimate of drug-likeness (QED) is 0.638. The summed E-state index contributed by atoms with van der Waals surface area (Å²) in [6.07, 6.45) is 10.8. The van der Waals surface area contributed by atoms with E-state index in [9.17, 15) is 0 Å². The Balaban J connectivity index is 1.45. The molecule has 0 bridgehead atoms. The van der Waals surface area contributed by atoms with Gasteiger partial charge in [-0.2, -0.15) is 0 Å². The summed E-state index contributed by atoms with van der Waals surface area (Å²) >= 11 is 0. The van der Waals surface area contributed by atoms with E-state index in [1.807, 2.05) is 0 Å². The maximum Gasteiger partial charge on any atom is 0.0822 e. The fraction of sp³-hybridized carbons (Fsp3) is 1.00. The van der Waals surface area contributed by atoms with Crippen molar-refractivity contribution in [3.05, 3.63) is 0 Å². The molecule has 3 heteroatoms. The second kappa shape index (κ2) is 5.68. The fourth-order valence-electron chi connectivity index (χ4n) is 3.01. The number of nitrogens with zero attached hydrogens (tertiary/aromatic N) is 1. The lowest BCUT2D eigenvalue weighted by Gasteiger charge is -2.34. The molecule has 2 saturated heterocycles. The van der Waals surface area contributed by atoms with Gasteiger partial charge >= 0.3 is 0 Å². The van der Waals surface area contributed by atoms with Crippen molar-refractivity contribution < 1.29 is 9.47 Å². The molecule has 17 heavy (non-hydrogen) atoms. The Kier molecular flexibility index (Phi) is 3.99. The SMILES string of the molecule is C1CCC(N(CCC2CO2)CCC2CO2)CC1. The minimum atomic E-state index is 0.582. The zero-order chi connectivity index (χ0) is 11.5. The van der Waals surface area contributed by atoms with Crippen LogP contribution in [0.2, 0.25) is 0 Å². The molecular formula is C14H25NO2. The van der Waals surface area contributed by atoms with E-state index < -0.39 is 0 Å². The van der Waals surface area contributed by atoms with E-state index in [-0.39, 0.29) is 0 Å². The van der Waals surface area contributed by atoms with Crippen LogP contribution in [0.3, 0.4) is 0 Å². The van der Waals surface area contributed by atoms with Gasteiger partial charge in [0.05, 0.1) is 25.4 Å². The Morgan fingerprint density at radius 3 is 1.82 bits per heavy atom. The van der Waals surface area contributed by atoms with Crippen molar-refractivity contribution in [2.45, 2.75) is 63.2 Å². The fourth-order valence-corrected chi connectivity index (χ4v) is 3.01. The lowest BCUT2D eigenvalue weighted by atomic mass is 9.94. The van der Waals surface area contributed by atoms with Crippen LogP contribution in [-0.4, -0.2) is 49.5 Å². The largest absolute Gasteiger partial charge is 0.373 e. The second-order valence-electron chi connectivity index (χ2n) is 5.82. The van der Waals surface area contributed by atoms with Crippen molar-refractivity contribution in [2.75, 3.05) is 26.3 Å². The van der Waals surface area contributed by atoms with Gasteiger partial charge in [-0.3, -0.25) is 0 Å². The minimum Gasteiger partial charge on any atom is -0.373 e. The maximum absolute atomic E-state index is 5.33. The van der Waals surface area contributed by atoms with Gasteiger partial charge in [0.1, 0.15) is 0 Å². The highest BCUT2D eigenvalue weighted by atomic mass is 16.6. The van der Waals surface area contributed by atoms with Crippen molar-refractivity contribution in [3.63, 3.8) is 0 Å². The zero-order valence-electron chi connectivity index (χ0n) is 10.8.